The van der Waals surface area contributed by atoms with Crippen LogP contribution in [0.1, 0.15) is 33.7 Å². The standard InChI is InChI=1S/C21H21N3O/c1-14-8-9-17(11-15(14)2)21(25)23-18-6-3-5-16(12-18)19-13-22-20-7-4-10-24(19)20/h3,5-6,8-9,11-13H,4,7,10H2,1-2H3,(H,23,25). The average molecular weight is 331 g/mol. The lowest BCUT2D eigenvalue weighted by Gasteiger charge is -2.10. The van der Waals surface area contributed by atoms with Gasteiger partial charge in [-0.3, -0.25) is 4.79 Å². The van der Waals surface area contributed by atoms with Crippen LogP contribution in [-0.2, 0) is 13.0 Å². The molecule has 2 aromatic carbocycles. The van der Waals surface area contributed by atoms with E-state index >= 15 is 0 Å². The number of rotatable bonds is 3. The van der Waals surface area contributed by atoms with Crippen LogP contribution >= 0.6 is 0 Å². The van der Waals surface area contributed by atoms with E-state index in [1.807, 2.05) is 56.4 Å². The Hall–Kier alpha value is -2.88. The highest BCUT2D eigenvalue weighted by Gasteiger charge is 2.17. The fourth-order valence-corrected chi connectivity index (χ4v) is 3.33. The van der Waals surface area contributed by atoms with Crippen LogP contribution in [0.3, 0.4) is 0 Å². The van der Waals surface area contributed by atoms with E-state index in [0.29, 0.717) is 5.56 Å². The molecule has 0 atom stereocenters. The summed E-state index contributed by atoms with van der Waals surface area (Å²) in [5.41, 5.74) is 5.99. The number of benzene rings is 2. The van der Waals surface area contributed by atoms with E-state index in [0.717, 1.165) is 47.7 Å². The smallest absolute Gasteiger partial charge is 0.255 e. The minimum atomic E-state index is -0.0845. The van der Waals surface area contributed by atoms with Crippen molar-refractivity contribution in [3.63, 3.8) is 0 Å². The maximum Gasteiger partial charge on any atom is 0.255 e. The predicted octanol–water partition coefficient (Wildman–Crippen LogP) is 4.37. The number of fused-ring (bicyclic) bond motifs is 1. The van der Waals surface area contributed by atoms with E-state index in [-0.39, 0.29) is 5.91 Å². The number of aryl methyl sites for hydroxylation is 3. The van der Waals surface area contributed by atoms with Gasteiger partial charge in [-0.05, 0) is 55.7 Å². The van der Waals surface area contributed by atoms with E-state index in [1.165, 1.54) is 5.56 Å². The summed E-state index contributed by atoms with van der Waals surface area (Å²) in [6.45, 7) is 5.08. The zero-order chi connectivity index (χ0) is 17.4. The highest BCUT2D eigenvalue weighted by Crippen LogP contribution is 2.27. The molecule has 25 heavy (non-hydrogen) atoms. The summed E-state index contributed by atoms with van der Waals surface area (Å²) in [5.74, 6) is 1.07. The molecule has 0 aliphatic carbocycles. The van der Waals surface area contributed by atoms with Crippen LogP contribution in [0.2, 0.25) is 0 Å². The van der Waals surface area contributed by atoms with Gasteiger partial charge in [-0.1, -0.05) is 18.2 Å². The first-order chi connectivity index (χ1) is 12.1. The van der Waals surface area contributed by atoms with Crippen molar-refractivity contribution in [2.45, 2.75) is 33.2 Å². The highest BCUT2D eigenvalue weighted by molar-refractivity contribution is 6.04. The van der Waals surface area contributed by atoms with Gasteiger partial charge in [0, 0.05) is 29.8 Å². The fourth-order valence-electron chi connectivity index (χ4n) is 3.33. The van der Waals surface area contributed by atoms with Crippen LogP contribution in [0.4, 0.5) is 5.69 Å². The Labute approximate surface area is 147 Å². The second-order valence-electron chi connectivity index (χ2n) is 6.65. The van der Waals surface area contributed by atoms with Gasteiger partial charge in [0.2, 0.25) is 0 Å². The monoisotopic (exact) mass is 331 g/mol. The van der Waals surface area contributed by atoms with Gasteiger partial charge in [0.25, 0.3) is 5.91 Å². The molecule has 1 aliphatic heterocycles. The Morgan fingerprint density at radius 3 is 2.84 bits per heavy atom. The van der Waals surface area contributed by atoms with Crippen molar-refractivity contribution in [1.29, 1.82) is 0 Å². The van der Waals surface area contributed by atoms with Crippen LogP contribution in [0.15, 0.2) is 48.7 Å². The first-order valence-electron chi connectivity index (χ1n) is 8.65. The maximum absolute atomic E-state index is 12.5. The third-order valence-electron chi connectivity index (χ3n) is 4.91. The van der Waals surface area contributed by atoms with Crippen LogP contribution in [0, 0.1) is 13.8 Å². The van der Waals surface area contributed by atoms with Crippen LogP contribution in [-0.4, -0.2) is 15.5 Å². The number of hydrogen-bond donors (Lipinski definition) is 1. The summed E-state index contributed by atoms with van der Waals surface area (Å²) >= 11 is 0. The van der Waals surface area contributed by atoms with Gasteiger partial charge in [0.15, 0.2) is 0 Å². The van der Waals surface area contributed by atoms with Crippen molar-refractivity contribution in [2.75, 3.05) is 5.32 Å². The zero-order valence-corrected chi connectivity index (χ0v) is 14.5. The molecule has 3 aromatic rings. The van der Waals surface area contributed by atoms with Crippen molar-refractivity contribution in [2.24, 2.45) is 0 Å². The van der Waals surface area contributed by atoms with Crippen LogP contribution < -0.4 is 5.32 Å². The molecule has 0 saturated carbocycles. The van der Waals surface area contributed by atoms with Crippen molar-refractivity contribution < 1.29 is 4.79 Å². The third kappa shape index (κ3) is 2.95. The van der Waals surface area contributed by atoms with Crippen LogP contribution in [0.25, 0.3) is 11.3 Å². The van der Waals surface area contributed by atoms with Crippen molar-refractivity contribution in [3.8, 4) is 11.3 Å². The number of nitrogens with zero attached hydrogens (tertiary/aromatic N) is 2. The van der Waals surface area contributed by atoms with Gasteiger partial charge in [0.05, 0.1) is 11.9 Å². The van der Waals surface area contributed by atoms with Gasteiger partial charge in [0.1, 0.15) is 5.82 Å². The molecule has 2 heterocycles. The fraction of sp³-hybridized carbons (Fsp3) is 0.238. The van der Waals surface area contributed by atoms with E-state index in [1.54, 1.807) is 0 Å². The average Bonchev–Trinajstić information content (AvgIpc) is 3.21. The lowest BCUT2D eigenvalue weighted by atomic mass is 10.1. The Morgan fingerprint density at radius 2 is 2.00 bits per heavy atom. The normalized spacial score (nSPS) is 12.9. The van der Waals surface area contributed by atoms with Crippen molar-refractivity contribution in [1.82, 2.24) is 9.55 Å². The number of nitrogens with one attached hydrogen (secondary N) is 1. The second-order valence-corrected chi connectivity index (χ2v) is 6.65. The molecule has 0 unspecified atom stereocenters. The van der Waals surface area contributed by atoms with Gasteiger partial charge in [-0.2, -0.15) is 0 Å². The van der Waals surface area contributed by atoms with Crippen molar-refractivity contribution >= 4 is 11.6 Å². The minimum absolute atomic E-state index is 0.0845. The molecule has 126 valence electrons. The first kappa shape index (κ1) is 15.6. The molecule has 0 fully saturated rings. The Balaban J connectivity index is 1.59. The topological polar surface area (TPSA) is 46.9 Å². The van der Waals surface area contributed by atoms with Crippen molar-refractivity contribution in [3.05, 3.63) is 71.2 Å². The third-order valence-corrected chi connectivity index (χ3v) is 4.91. The van der Waals surface area contributed by atoms with Gasteiger partial charge in [-0.15, -0.1) is 0 Å². The molecule has 1 N–H and O–H groups in total. The summed E-state index contributed by atoms with van der Waals surface area (Å²) in [7, 11) is 0. The quantitative estimate of drug-likeness (QED) is 0.775. The summed E-state index contributed by atoms with van der Waals surface area (Å²) in [6.07, 6.45) is 4.13. The largest absolute Gasteiger partial charge is 0.328 e. The minimum Gasteiger partial charge on any atom is -0.328 e. The predicted molar refractivity (Wildman–Crippen MR) is 99.9 cm³/mol. The summed E-state index contributed by atoms with van der Waals surface area (Å²) < 4.78 is 2.27. The van der Waals surface area contributed by atoms with Gasteiger partial charge < -0.3 is 9.88 Å². The SMILES string of the molecule is Cc1ccc(C(=O)Nc2cccc(-c3cnc4n3CCC4)c2)cc1C. The number of anilines is 1. The van der Waals surface area contributed by atoms with Crippen LogP contribution in [0.5, 0.6) is 0 Å². The number of aromatic nitrogens is 2. The van der Waals surface area contributed by atoms with Gasteiger partial charge in [-0.25, -0.2) is 4.98 Å². The van der Waals surface area contributed by atoms with E-state index in [4.69, 9.17) is 0 Å². The maximum atomic E-state index is 12.5. The molecule has 4 rings (SSSR count). The Morgan fingerprint density at radius 1 is 1.12 bits per heavy atom. The first-order valence-corrected chi connectivity index (χ1v) is 8.65. The molecule has 4 nitrogen and oxygen atoms in total. The molecule has 0 radical (unpaired) electrons. The molecule has 0 saturated heterocycles. The lowest BCUT2D eigenvalue weighted by Crippen LogP contribution is -2.12. The number of imidazole rings is 1. The summed E-state index contributed by atoms with van der Waals surface area (Å²) in [4.78, 5) is 17.0. The molecule has 1 aromatic heterocycles. The molecule has 1 aliphatic rings. The number of carbonyl (C=O) groups is 1. The Bertz CT molecular complexity index is 956. The lowest BCUT2D eigenvalue weighted by molar-refractivity contribution is 0.102. The molecule has 1 amide bonds. The summed E-state index contributed by atoms with van der Waals surface area (Å²) in [5, 5.41) is 3.01. The summed E-state index contributed by atoms with van der Waals surface area (Å²) in [6, 6.07) is 13.7. The molecule has 0 spiro atoms. The zero-order valence-electron chi connectivity index (χ0n) is 14.5. The van der Waals surface area contributed by atoms with E-state index in [9.17, 15) is 4.79 Å². The van der Waals surface area contributed by atoms with E-state index in [2.05, 4.69) is 20.9 Å². The number of carbonyl (C=O) groups excluding carboxylic acids is 1. The molecule has 0 bridgehead atoms. The molecule has 4 heteroatoms. The number of hydrogen-bond acceptors (Lipinski definition) is 2. The highest BCUT2D eigenvalue weighted by atomic mass is 16.1. The van der Waals surface area contributed by atoms with Gasteiger partial charge >= 0.3 is 0 Å². The Kier molecular flexibility index (Phi) is 3.88. The molecular formula is C21H21N3O. The number of amides is 1. The second kappa shape index (κ2) is 6.20. The molecular weight excluding hydrogens is 310 g/mol. The van der Waals surface area contributed by atoms with E-state index < -0.39 is 0 Å².